The van der Waals surface area contributed by atoms with E-state index in [1.807, 2.05) is 18.2 Å². The molecule has 0 atom stereocenters. The highest BCUT2D eigenvalue weighted by molar-refractivity contribution is 6.39. The van der Waals surface area contributed by atoms with E-state index in [0.29, 0.717) is 62.7 Å². The van der Waals surface area contributed by atoms with Crippen LogP contribution in [0.4, 0.5) is 11.4 Å². The average Bonchev–Trinajstić information content (AvgIpc) is 3.71. The van der Waals surface area contributed by atoms with Gasteiger partial charge in [-0.2, -0.15) is 0 Å². The number of aryl methyl sites for hydroxylation is 1. The Morgan fingerprint density at radius 2 is 1.75 bits per heavy atom. The Kier molecular flexibility index (Phi) is 7.21. The van der Waals surface area contributed by atoms with E-state index in [0.717, 1.165) is 29.7 Å². The summed E-state index contributed by atoms with van der Waals surface area (Å²) in [6.07, 6.45) is 2.92. The first kappa shape index (κ1) is 26.7. The molecule has 1 fully saturated rings. The Labute approximate surface area is 245 Å². The first-order valence-electron chi connectivity index (χ1n) is 12.7. The lowest BCUT2D eigenvalue weighted by Gasteiger charge is -2.30. The van der Waals surface area contributed by atoms with E-state index in [-0.39, 0.29) is 17.5 Å². The number of anilines is 2. The summed E-state index contributed by atoms with van der Waals surface area (Å²) in [6, 6.07) is 15.6. The zero-order valence-electron chi connectivity index (χ0n) is 21.4. The molecule has 0 bridgehead atoms. The van der Waals surface area contributed by atoms with Crippen LogP contribution in [0.25, 0.3) is 11.3 Å². The zero-order chi connectivity index (χ0) is 28.0. The van der Waals surface area contributed by atoms with Gasteiger partial charge < -0.3 is 14.0 Å². The maximum atomic E-state index is 13.0. The minimum absolute atomic E-state index is 0.0892. The van der Waals surface area contributed by atoms with Gasteiger partial charge in [-0.3, -0.25) is 9.69 Å². The van der Waals surface area contributed by atoms with E-state index < -0.39 is 5.97 Å². The van der Waals surface area contributed by atoms with Crippen molar-refractivity contribution < 1.29 is 23.6 Å². The van der Waals surface area contributed by atoms with Crippen LogP contribution in [0.2, 0.25) is 15.1 Å². The van der Waals surface area contributed by atoms with Crippen molar-refractivity contribution in [1.29, 1.82) is 0 Å². The van der Waals surface area contributed by atoms with E-state index in [4.69, 9.17) is 48.8 Å². The smallest absolute Gasteiger partial charge is 0.337 e. The summed E-state index contributed by atoms with van der Waals surface area (Å²) in [5.74, 6) is 1.15. The number of halogens is 3. The highest BCUT2D eigenvalue weighted by Gasteiger charge is 2.34. The number of esters is 1. The third kappa shape index (κ3) is 4.94. The number of benzene rings is 3. The van der Waals surface area contributed by atoms with E-state index in [2.05, 4.69) is 5.16 Å². The van der Waals surface area contributed by atoms with Gasteiger partial charge in [-0.15, -0.1) is 0 Å². The lowest BCUT2D eigenvalue weighted by atomic mass is 9.99. The van der Waals surface area contributed by atoms with Crippen LogP contribution in [0, 0.1) is 0 Å². The van der Waals surface area contributed by atoms with Crippen LogP contribution in [0.15, 0.2) is 59.1 Å². The minimum atomic E-state index is -0.502. The number of carbonyl (C=O) groups excluding carboxylic acids is 2. The molecule has 40 heavy (non-hydrogen) atoms. The van der Waals surface area contributed by atoms with Crippen LogP contribution in [-0.4, -0.2) is 24.1 Å². The van der Waals surface area contributed by atoms with Crippen LogP contribution < -0.4 is 9.64 Å². The number of fused-ring (bicyclic) bond motifs is 1. The summed E-state index contributed by atoms with van der Waals surface area (Å²) in [5, 5.41) is 5.57. The van der Waals surface area contributed by atoms with Crippen molar-refractivity contribution in [2.45, 2.75) is 38.2 Å². The molecule has 7 nitrogen and oxygen atoms in total. The molecule has 204 valence electrons. The summed E-state index contributed by atoms with van der Waals surface area (Å²) in [4.78, 5) is 26.5. The normalized spacial score (nSPS) is 14.7. The first-order valence-corrected chi connectivity index (χ1v) is 13.9. The molecule has 0 N–H and O–H groups in total. The second-order valence-corrected chi connectivity index (χ2v) is 10.9. The highest BCUT2D eigenvalue weighted by atomic mass is 35.5. The van der Waals surface area contributed by atoms with Gasteiger partial charge in [0, 0.05) is 17.9 Å². The maximum Gasteiger partial charge on any atom is 0.337 e. The van der Waals surface area contributed by atoms with Crippen LogP contribution in [0.1, 0.15) is 52.4 Å². The number of carbonyl (C=O) groups is 2. The van der Waals surface area contributed by atoms with Crippen molar-refractivity contribution in [2.24, 2.45) is 0 Å². The molecule has 1 aromatic heterocycles. The molecule has 10 heteroatoms. The van der Waals surface area contributed by atoms with E-state index >= 15 is 0 Å². The highest BCUT2D eigenvalue weighted by Crippen LogP contribution is 2.46. The van der Waals surface area contributed by atoms with Crippen LogP contribution in [0.5, 0.6) is 5.75 Å². The maximum absolute atomic E-state index is 13.0. The molecule has 0 radical (unpaired) electrons. The summed E-state index contributed by atoms with van der Waals surface area (Å²) >= 11 is 19.5. The minimum Gasteiger partial charge on any atom is -0.489 e. The summed E-state index contributed by atoms with van der Waals surface area (Å²) in [7, 11) is 1.30. The standard InChI is InChI=1S/C30H23Cl3N2O5/c1-38-30(37)18-7-10-25(23(33)14-18)35-24-11-9-19(13-17(24)8-12-26(35)36)39-15-20-28(34-40-29(20)16-5-6-16)27-21(31)3-2-4-22(27)32/h2-4,7,9-11,13-14,16H,5-6,8,12,15H2,1H3. The predicted molar refractivity (Wildman–Crippen MR) is 153 cm³/mol. The number of hydrogen-bond acceptors (Lipinski definition) is 6. The fourth-order valence-corrected chi connectivity index (χ4v) is 5.80. The molecule has 2 heterocycles. The number of hydrogen-bond donors (Lipinski definition) is 0. The van der Waals surface area contributed by atoms with Gasteiger partial charge in [0.05, 0.1) is 44.7 Å². The van der Waals surface area contributed by atoms with Crippen molar-refractivity contribution in [3.05, 3.63) is 92.1 Å². The average molecular weight is 598 g/mol. The Morgan fingerprint density at radius 1 is 1.00 bits per heavy atom. The largest absolute Gasteiger partial charge is 0.489 e. The van der Waals surface area contributed by atoms with Gasteiger partial charge >= 0.3 is 5.97 Å². The number of methoxy groups -OCH3 is 1. The monoisotopic (exact) mass is 596 g/mol. The van der Waals surface area contributed by atoms with Crippen LogP contribution in [0.3, 0.4) is 0 Å². The summed E-state index contributed by atoms with van der Waals surface area (Å²) in [5.41, 5.74) is 4.47. The van der Waals surface area contributed by atoms with E-state index in [9.17, 15) is 9.59 Å². The van der Waals surface area contributed by atoms with Gasteiger partial charge in [-0.05, 0) is 73.4 Å². The van der Waals surface area contributed by atoms with Gasteiger partial charge in [0.25, 0.3) is 0 Å². The van der Waals surface area contributed by atoms with Gasteiger partial charge in [-0.25, -0.2) is 4.79 Å². The summed E-state index contributed by atoms with van der Waals surface area (Å²) in [6.45, 7) is 0.217. The van der Waals surface area contributed by atoms with E-state index in [1.165, 1.54) is 13.2 Å². The molecule has 1 amide bonds. The molecule has 0 spiro atoms. The molecule has 4 aromatic rings. The Bertz CT molecular complexity index is 1630. The van der Waals surface area contributed by atoms with Crippen molar-refractivity contribution >= 4 is 58.1 Å². The third-order valence-electron chi connectivity index (χ3n) is 7.11. The quantitative estimate of drug-likeness (QED) is 0.200. The zero-order valence-corrected chi connectivity index (χ0v) is 23.6. The topological polar surface area (TPSA) is 81.9 Å². The second kappa shape index (κ2) is 10.8. The number of rotatable bonds is 7. The lowest BCUT2D eigenvalue weighted by Crippen LogP contribution is -2.31. The first-order chi connectivity index (χ1) is 19.4. The number of ether oxygens (including phenoxy) is 2. The van der Waals surface area contributed by atoms with Gasteiger partial charge in [0.1, 0.15) is 23.8 Å². The Morgan fingerprint density at radius 3 is 2.45 bits per heavy atom. The van der Waals surface area contributed by atoms with Crippen LogP contribution >= 0.6 is 34.8 Å². The molecule has 6 rings (SSSR count). The fourth-order valence-electron chi connectivity index (χ4n) is 4.96. The van der Waals surface area contributed by atoms with Gasteiger partial charge in [0.15, 0.2) is 0 Å². The third-order valence-corrected chi connectivity index (χ3v) is 8.04. The Balaban J connectivity index is 1.29. The SMILES string of the molecule is COC(=O)c1ccc(N2C(=O)CCc3cc(OCc4c(-c5c(Cl)cccc5Cl)noc4C4CC4)ccc32)c(Cl)c1. The van der Waals surface area contributed by atoms with E-state index in [1.54, 1.807) is 35.2 Å². The lowest BCUT2D eigenvalue weighted by molar-refractivity contribution is -0.118. The molecule has 2 aliphatic rings. The van der Waals surface area contributed by atoms with Crippen molar-refractivity contribution in [2.75, 3.05) is 12.0 Å². The Hall–Kier alpha value is -3.52. The molecule has 3 aromatic carbocycles. The summed E-state index contributed by atoms with van der Waals surface area (Å²) < 4.78 is 16.8. The number of nitrogens with zero attached hydrogens (tertiary/aromatic N) is 2. The molecular weight excluding hydrogens is 575 g/mol. The van der Waals surface area contributed by atoms with Crippen LogP contribution in [-0.2, 0) is 22.6 Å². The second-order valence-electron chi connectivity index (χ2n) is 9.71. The molecular formula is C30H23Cl3N2O5. The van der Waals surface area contributed by atoms with Crippen molar-refractivity contribution in [3.8, 4) is 17.0 Å². The van der Waals surface area contributed by atoms with Gasteiger partial charge in [-0.1, -0.05) is 46.0 Å². The number of aromatic nitrogens is 1. The predicted octanol–water partition coefficient (Wildman–Crippen LogP) is 8.16. The molecule has 1 saturated carbocycles. The molecule has 0 unspecified atom stereocenters. The fraction of sp³-hybridized carbons (Fsp3) is 0.233. The number of amides is 1. The molecule has 1 aliphatic heterocycles. The van der Waals surface area contributed by atoms with Crippen molar-refractivity contribution in [3.63, 3.8) is 0 Å². The molecule has 1 aliphatic carbocycles. The van der Waals surface area contributed by atoms with Gasteiger partial charge in [0.2, 0.25) is 5.91 Å². The molecule has 0 saturated heterocycles. The van der Waals surface area contributed by atoms with Crippen molar-refractivity contribution in [1.82, 2.24) is 5.16 Å².